The molecule has 2 N–H and O–H groups in total. The van der Waals surface area contributed by atoms with Gasteiger partial charge in [0.1, 0.15) is 0 Å². The third kappa shape index (κ3) is 4.39. The van der Waals surface area contributed by atoms with Gasteiger partial charge in [-0.2, -0.15) is 0 Å². The van der Waals surface area contributed by atoms with E-state index in [1.165, 1.54) is 0 Å². The Morgan fingerprint density at radius 3 is 2.38 bits per heavy atom. The van der Waals surface area contributed by atoms with E-state index in [9.17, 15) is 14.4 Å². The fourth-order valence-corrected chi connectivity index (χ4v) is 3.86. The van der Waals surface area contributed by atoms with E-state index in [4.69, 9.17) is 5.11 Å². The van der Waals surface area contributed by atoms with E-state index in [0.29, 0.717) is 44.3 Å². The monoisotopic (exact) mass is 359 g/mol. The summed E-state index contributed by atoms with van der Waals surface area (Å²) >= 11 is 0. The zero-order valence-corrected chi connectivity index (χ0v) is 14.8. The first kappa shape index (κ1) is 18.4. The Hall–Kier alpha value is -2.44. The van der Waals surface area contributed by atoms with Crippen LogP contribution in [0.15, 0.2) is 24.5 Å². The van der Waals surface area contributed by atoms with E-state index in [1.807, 2.05) is 0 Å². The number of hydrogen-bond donors (Lipinski definition) is 2. The molecule has 7 heteroatoms. The van der Waals surface area contributed by atoms with E-state index in [-0.39, 0.29) is 29.7 Å². The molecule has 0 aromatic carbocycles. The molecule has 2 amide bonds. The summed E-state index contributed by atoms with van der Waals surface area (Å²) in [5.74, 6) is -1.31. The third-order valence-electron chi connectivity index (χ3n) is 5.43. The minimum absolute atomic E-state index is 0.0176. The lowest BCUT2D eigenvalue weighted by Crippen LogP contribution is -2.48. The highest BCUT2D eigenvalue weighted by Gasteiger charge is 2.32. The number of nitrogens with one attached hydrogen (secondary N) is 1. The number of amides is 2. The van der Waals surface area contributed by atoms with E-state index >= 15 is 0 Å². The van der Waals surface area contributed by atoms with Gasteiger partial charge in [-0.3, -0.25) is 19.4 Å². The van der Waals surface area contributed by atoms with Crippen LogP contribution in [-0.2, 0) is 9.59 Å². The molecule has 140 valence electrons. The number of aliphatic carboxylic acids is 1. The predicted octanol–water partition coefficient (Wildman–Crippen LogP) is 1.69. The van der Waals surface area contributed by atoms with Gasteiger partial charge in [0, 0.05) is 37.1 Å². The number of piperidine rings is 1. The summed E-state index contributed by atoms with van der Waals surface area (Å²) in [6.45, 7) is 1.09. The molecule has 2 fully saturated rings. The van der Waals surface area contributed by atoms with Crippen molar-refractivity contribution in [3.63, 3.8) is 0 Å². The SMILES string of the molecule is O=C(O)C1CCC(NC(=O)C2CCCN(C(=O)c3ccncc3)C2)CC1. The molecule has 0 spiro atoms. The normalized spacial score (nSPS) is 26.2. The maximum Gasteiger partial charge on any atom is 0.306 e. The summed E-state index contributed by atoms with van der Waals surface area (Å²) in [6, 6.07) is 3.42. The number of rotatable bonds is 4. The van der Waals surface area contributed by atoms with Crippen molar-refractivity contribution in [3.05, 3.63) is 30.1 Å². The molecular weight excluding hydrogens is 334 g/mol. The number of carbonyl (C=O) groups excluding carboxylic acids is 2. The summed E-state index contributed by atoms with van der Waals surface area (Å²) in [5, 5.41) is 12.1. The Morgan fingerprint density at radius 2 is 1.73 bits per heavy atom. The molecule has 1 saturated carbocycles. The first-order chi connectivity index (χ1) is 12.5. The van der Waals surface area contributed by atoms with Crippen LogP contribution in [-0.4, -0.2) is 51.9 Å². The molecule has 2 heterocycles. The molecule has 2 aliphatic rings. The van der Waals surface area contributed by atoms with Crippen molar-refractivity contribution in [2.24, 2.45) is 11.8 Å². The van der Waals surface area contributed by atoms with Crippen LogP contribution in [0.4, 0.5) is 0 Å². The maximum atomic E-state index is 12.6. The smallest absolute Gasteiger partial charge is 0.306 e. The van der Waals surface area contributed by atoms with Crippen molar-refractivity contribution in [1.82, 2.24) is 15.2 Å². The van der Waals surface area contributed by atoms with E-state index in [0.717, 1.165) is 12.8 Å². The number of aromatic nitrogens is 1. The largest absolute Gasteiger partial charge is 0.481 e. The van der Waals surface area contributed by atoms with Crippen molar-refractivity contribution < 1.29 is 19.5 Å². The van der Waals surface area contributed by atoms with Crippen LogP contribution in [0.3, 0.4) is 0 Å². The van der Waals surface area contributed by atoms with E-state index < -0.39 is 5.97 Å². The Balaban J connectivity index is 1.52. The molecular formula is C19H25N3O4. The summed E-state index contributed by atoms with van der Waals surface area (Å²) in [7, 11) is 0. The van der Waals surface area contributed by atoms with Gasteiger partial charge in [-0.1, -0.05) is 0 Å². The Bertz CT molecular complexity index is 656. The van der Waals surface area contributed by atoms with Crippen LogP contribution in [0.2, 0.25) is 0 Å². The third-order valence-corrected chi connectivity index (χ3v) is 5.43. The average Bonchev–Trinajstić information content (AvgIpc) is 2.68. The van der Waals surface area contributed by atoms with Gasteiger partial charge in [-0.05, 0) is 50.7 Å². The Kier molecular flexibility index (Phi) is 5.85. The lowest BCUT2D eigenvalue weighted by atomic mass is 9.85. The van der Waals surface area contributed by atoms with Crippen molar-refractivity contribution in [2.75, 3.05) is 13.1 Å². The fourth-order valence-electron chi connectivity index (χ4n) is 3.86. The first-order valence-electron chi connectivity index (χ1n) is 9.27. The molecule has 1 unspecified atom stereocenters. The van der Waals surface area contributed by atoms with Crippen molar-refractivity contribution >= 4 is 17.8 Å². The minimum atomic E-state index is -0.743. The molecule has 1 aromatic heterocycles. The van der Waals surface area contributed by atoms with Gasteiger partial charge >= 0.3 is 5.97 Å². The fraction of sp³-hybridized carbons (Fsp3) is 0.579. The molecule has 0 radical (unpaired) electrons. The second-order valence-corrected chi connectivity index (χ2v) is 7.22. The maximum absolute atomic E-state index is 12.6. The van der Waals surface area contributed by atoms with Crippen LogP contribution in [0, 0.1) is 11.8 Å². The molecule has 1 saturated heterocycles. The predicted molar refractivity (Wildman–Crippen MR) is 94.4 cm³/mol. The van der Waals surface area contributed by atoms with Gasteiger partial charge < -0.3 is 15.3 Å². The number of hydrogen-bond acceptors (Lipinski definition) is 4. The van der Waals surface area contributed by atoms with Crippen molar-refractivity contribution in [2.45, 2.75) is 44.6 Å². The van der Waals surface area contributed by atoms with Crippen molar-refractivity contribution in [1.29, 1.82) is 0 Å². The molecule has 1 atom stereocenters. The highest BCUT2D eigenvalue weighted by molar-refractivity contribution is 5.94. The highest BCUT2D eigenvalue weighted by Crippen LogP contribution is 2.25. The standard InChI is InChI=1S/C19H25N3O4/c23-17(21-16-5-3-14(4-6-16)19(25)26)15-2-1-11-22(12-15)18(24)13-7-9-20-10-8-13/h7-10,14-16H,1-6,11-12H2,(H,21,23)(H,25,26). The first-order valence-corrected chi connectivity index (χ1v) is 9.27. The molecule has 1 aromatic rings. The average molecular weight is 359 g/mol. The zero-order valence-electron chi connectivity index (χ0n) is 14.8. The summed E-state index contributed by atoms with van der Waals surface area (Å²) in [5.41, 5.74) is 0.591. The number of nitrogens with zero attached hydrogens (tertiary/aromatic N) is 2. The van der Waals surface area contributed by atoms with Gasteiger partial charge in [-0.25, -0.2) is 0 Å². The molecule has 1 aliphatic heterocycles. The summed E-state index contributed by atoms with van der Waals surface area (Å²) in [6.07, 6.45) is 7.39. The van der Waals surface area contributed by atoms with E-state index in [2.05, 4.69) is 10.3 Å². The van der Waals surface area contributed by atoms with Crippen LogP contribution < -0.4 is 5.32 Å². The Morgan fingerprint density at radius 1 is 1.04 bits per heavy atom. The number of pyridine rings is 1. The number of carboxylic acid groups (broad SMARTS) is 1. The molecule has 7 nitrogen and oxygen atoms in total. The molecule has 26 heavy (non-hydrogen) atoms. The summed E-state index contributed by atoms with van der Waals surface area (Å²) < 4.78 is 0. The zero-order chi connectivity index (χ0) is 18.5. The quantitative estimate of drug-likeness (QED) is 0.852. The van der Waals surface area contributed by atoms with Gasteiger partial charge in [0.2, 0.25) is 5.91 Å². The highest BCUT2D eigenvalue weighted by atomic mass is 16.4. The van der Waals surface area contributed by atoms with Gasteiger partial charge in [0.05, 0.1) is 11.8 Å². The lowest BCUT2D eigenvalue weighted by molar-refractivity contribution is -0.142. The van der Waals surface area contributed by atoms with Gasteiger partial charge in [0.25, 0.3) is 5.91 Å². The second-order valence-electron chi connectivity index (χ2n) is 7.22. The van der Waals surface area contributed by atoms with E-state index in [1.54, 1.807) is 29.4 Å². The van der Waals surface area contributed by atoms with Crippen LogP contribution >= 0.6 is 0 Å². The number of likely N-dealkylation sites (tertiary alicyclic amines) is 1. The van der Waals surface area contributed by atoms with Crippen LogP contribution in [0.5, 0.6) is 0 Å². The van der Waals surface area contributed by atoms with Crippen LogP contribution in [0.1, 0.15) is 48.9 Å². The number of carboxylic acids is 1. The Labute approximate surface area is 152 Å². The summed E-state index contributed by atoms with van der Waals surface area (Å²) in [4.78, 5) is 41.9. The molecule has 1 aliphatic carbocycles. The molecule has 3 rings (SSSR count). The minimum Gasteiger partial charge on any atom is -0.481 e. The second kappa shape index (κ2) is 8.29. The topological polar surface area (TPSA) is 99.6 Å². The van der Waals surface area contributed by atoms with Crippen molar-refractivity contribution in [3.8, 4) is 0 Å². The lowest BCUT2D eigenvalue weighted by Gasteiger charge is -2.34. The van der Waals surface area contributed by atoms with Gasteiger partial charge in [0.15, 0.2) is 0 Å². The van der Waals surface area contributed by atoms with Crippen LogP contribution in [0.25, 0.3) is 0 Å². The molecule has 0 bridgehead atoms. The van der Waals surface area contributed by atoms with Gasteiger partial charge in [-0.15, -0.1) is 0 Å². The number of carbonyl (C=O) groups is 3.